The molecule has 1 atom stereocenters. The van der Waals surface area contributed by atoms with Crippen LogP contribution in [0.1, 0.15) is 17.0 Å². The molecule has 8 nitrogen and oxygen atoms in total. The van der Waals surface area contributed by atoms with Gasteiger partial charge in [-0.25, -0.2) is 5.01 Å². The first-order valence-electron chi connectivity index (χ1n) is 11.8. The fourth-order valence-corrected chi connectivity index (χ4v) is 5.20. The van der Waals surface area contributed by atoms with Crippen molar-refractivity contribution < 1.29 is 13.2 Å². The molecule has 0 amide bonds. The van der Waals surface area contributed by atoms with Gasteiger partial charge in [0.25, 0.3) is 10.0 Å². The average Bonchev–Trinajstić information content (AvgIpc) is 3.36. The first kappa shape index (κ1) is 27.8. The van der Waals surface area contributed by atoms with Crippen molar-refractivity contribution in [3.63, 3.8) is 0 Å². The molecule has 1 heterocycles. The fourth-order valence-electron chi connectivity index (χ4n) is 3.96. The molecule has 1 aliphatic rings. The van der Waals surface area contributed by atoms with Gasteiger partial charge in [-0.1, -0.05) is 65.7 Å². The third-order valence-corrected chi connectivity index (χ3v) is 7.83. The lowest BCUT2D eigenvalue weighted by atomic mass is 9.91. The van der Waals surface area contributed by atoms with Crippen LogP contribution in [0.15, 0.2) is 93.3 Å². The summed E-state index contributed by atoms with van der Waals surface area (Å²) in [6.45, 7) is 0.999. The molecule has 0 bridgehead atoms. The van der Waals surface area contributed by atoms with E-state index in [1.54, 1.807) is 31.2 Å². The van der Waals surface area contributed by atoms with Crippen molar-refractivity contribution in [2.45, 2.75) is 10.8 Å². The highest BCUT2D eigenvalue weighted by Gasteiger charge is 2.34. The van der Waals surface area contributed by atoms with E-state index in [-0.39, 0.29) is 29.0 Å². The quantitative estimate of drug-likeness (QED) is 0.312. The zero-order chi connectivity index (χ0) is 27.3. The highest BCUT2D eigenvalue weighted by Crippen LogP contribution is 2.30. The number of nitrogens with zero attached hydrogens (tertiary/aromatic N) is 4. The molecular weight excluding hydrogens is 545 g/mol. The number of nitrogens with one attached hydrogen (secondary N) is 1. The zero-order valence-corrected chi connectivity index (χ0v) is 23.2. The van der Waals surface area contributed by atoms with Crippen LogP contribution in [-0.4, -0.2) is 69.6 Å². The molecule has 1 unspecified atom stereocenters. The van der Waals surface area contributed by atoms with Crippen molar-refractivity contribution >= 4 is 50.6 Å². The molecule has 3 aromatic rings. The van der Waals surface area contributed by atoms with E-state index in [1.807, 2.05) is 42.5 Å². The monoisotopic (exact) mass is 571 g/mol. The van der Waals surface area contributed by atoms with Gasteiger partial charge in [-0.15, -0.1) is 4.40 Å². The predicted molar refractivity (Wildman–Crippen MR) is 152 cm³/mol. The maximum absolute atomic E-state index is 13.3. The highest BCUT2D eigenvalue weighted by molar-refractivity contribution is 7.90. The molecule has 4 rings (SSSR count). The van der Waals surface area contributed by atoms with Gasteiger partial charge in [0.05, 0.1) is 23.8 Å². The largest absolute Gasteiger partial charge is 0.383 e. The zero-order valence-electron chi connectivity index (χ0n) is 20.9. The number of hydrogen-bond acceptors (Lipinski definition) is 5. The number of hydrogen-bond donors (Lipinski definition) is 1. The van der Waals surface area contributed by atoms with Crippen LogP contribution in [0.5, 0.6) is 0 Å². The summed E-state index contributed by atoms with van der Waals surface area (Å²) in [6.07, 6.45) is 0. The fraction of sp³-hybridized carbons (Fsp3) is 0.222. The summed E-state index contributed by atoms with van der Waals surface area (Å²) < 4.78 is 35.9. The molecule has 3 aromatic carbocycles. The highest BCUT2D eigenvalue weighted by atomic mass is 35.5. The van der Waals surface area contributed by atoms with E-state index in [0.717, 1.165) is 16.8 Å². The topological polar surface area (TPSA) is 98.4 Å². The first-order valence-corrected chi connectivity index (χ1v) is 14.0. The van der Waals surface area contributed by atoms with Crippen LogP contribution in [0.3, 0.4) is 0 Å². The van der Waals surface area contributed by atoms with E-state index in [0.29, 0.717) is 23.2 Å². The van der Waals surface area contributed by atoms with Gasteiger partial charge in [0.1, 0.15) is 0 Å². The maximum Gasteiger partial charge on any atom is 0.284 e. The van der Waals surface area contributed by atoms with Crippen molar-refractivity contribution in [2.75, 3.05) is 33.9 Å². The molecule has 0 spiro atoms. The molecule has 11 heteroatoms. The van der Waals surface area contributed by atoms with Crippen LogP contribution in [0.25, 0.3) is 0 Å². The minimum absolute atomic E-state index is 0.0348. The average molecular weight is 573 g/mol. The Bertz CT molecular complexity index is 1440. The Hall–Kier alpha value is -3.24. The predicted octanol–water partition coefficient (Wildman–Crippen LogP) is 5.14. The molecule has 0 saturated carbocycles. The molecule has 1 N–H and O–H groups in total. The number of ether oxygens (including phenoxy) is 1. The number of sulfonamides is 1. The second-order valence-electron chi connectivity index (χ2n) is 8.64. The van der Waals surface area contributed by atoms with Gasteiger partial charge >= 0.3 is 0 Å². The van der Waals surface area contributed by atoms with Crippen LogP contribution >= 0.6 is 23.2 Å². The van der Waals surface area contributed by atoms with Crippen molar-refractivity contribution in [3.8, 4) is 0 Å². The van der Waals surface area contributed by atoms with Crippen molar-refractivity contribution in [2.24, 2.45) is 9.50 Å². The maximum atomic E-state index is 13.3. The lowest BCUT2D eigenvalue weighted by Crippen LogP contribution is -2.42. The summed E-state index contributed by atoms with van der Waals surface area (Å²) in [6, 6.07) is 22.9. The molecule has 0 aliphatic carbocycles. The number of benzene rings is 3. The molecule has 1 aliphatic heterocycles. The minimum Gasteiger partial charge on any atom is -0.383 e. The third-order valence-electron chi connectivity index (χ3n) is 6.04. The summed E-state index contributed by atoms with van der Waals surface area (Å²) in [7, 11) is -0.939. The summed E-state index contributed by atoms with van der Waals surface area (Å²) in [5.41, 5.74) is 2.56. The van der Waals surface area contributed by atoms with Crippen LogP contribution < -0.4 is 0 Å². The molecular formula is C27H27Cl2N5O3S. The number of hydrazone groups is 1. The molecule has 0 saturated heterocycles. The Balaban J connectivity index is 1.81. The van der Waals surface area contributed by atoms with Crippen molar-refractivity contribution in [1.29, 1.82) is 5.41 Å². The van der Waals surface area contributed by atoms with Crippen LogP contribution in [0.2, 0.25) is 10.0 Å². The SMILES string of the molecule is COCCN(C)C(=N)/C(=N\S(=O)(=O)c1ccc(Cl)cc1)N1CC(c2ccccc2)C(c2ccc(Cl)cc2)=N1. The van der Waals surface area contributed by atoms with Gasteiger partial charge in [-0.05, 0) is 47.5 Å². The molecule has 198 valence electrons. The Morgan fingerprint density at radius 1 is 1.05 bits per heavy atom. The second-order valence-corrected chi connectivity index (χ2v) is 11.1. The van der Waals surface area contributed by atoms with Crippen LogP contribution in [0.4, 0.5) is 0 Å². The van der Waals surface area contributed by atoms with E-state index in [9.17, 15) is 8.42 Å². The Kier molecular flexibility index (Phi) is 8.83. The Morgan fingerprint density at radius 2 is 1.66 bits per heavy atom. The molecule has 38 heavy (non-hydrogen) atoms. The van der Waals surface area contributed by atoms with Crippen LogP contribution in [-0.2, 0) is 14.8 Å². The second kappa shape index (κ2) is 12.1. The van der Waals surface area contributed by atoms with Crippen molar-refractivity contribution in [1.82, 2.24) is 9.91 Å². The van der Waals surface area contributed by atoms with Gasteiger partial charge in [0.2, 0.25) is 5.84 Å². The van der Waals surface area contributed by atoms with Gasteiger partial charge in [-0.2, -0.15) is 13.5 Å². The lowest BCUT2D eigenvalue weighted by Gasteiger charge is -2.25. The molecule has 0 aromatic heterocycles. The third kappa shape index (κ3) is 6.42. The summed E-state index contributed by atoms with van der Waals surface area (Å²) in [5, 5.41) is 16.2. The minimum atomic E-state index is -4.18. The number of rotatable bonds is 7. The van der Waals surface area contributed by atoms with E-state index in [4.69, 9.17) is 38.4 Å². The standard InChI is InChI=1S/C27H27Cl2N5O3S/c1-33(16-17-37-2)26(30)27(32-38(35,36)23-14-12-22(29)13-15-23)34-18-24(19-6-4-3-5-7-19)25(31-34)20-8-10-21(28)11-9-20/h3-15,24,30H,16-18H2,1-2H3/b30-26?,32-27+. The van der Waals surface area contributed by atoms with Crippen LogP contribution in [0, 0.1) is 5.41 Å². The summed E-state index contributed by atoms with van der Waals surface area (Å²) in [5.74, 6) is -0.395. The van der Waals surface area contributed by atoms with Gasteiger partial charge in [0.15, 0.2) is 5.84 Å². The number of likely N-dealkylation sites (N-methyl/N-ethyl adjacent to an activating group) is 1. The van der Waals surface area contributed by atoms with Gasteiger partial charge in [0, 0.05) is 36.7 Å². The number of methoxy groups -OCH3 is 1. The van der Waals surface area contributed by atoms with E-state index >= 15 is 0 Å². The molecule has 0 fully saturated rings. The summed E-state index contributed by atoms with van der Waals surface area (Å²) >= 11 is 12.1. The Morgan fingerprint density at radius 3 is 2.26 bits per heavy atom. The van der Waals surface area contributed by atoms with E-state index in [1.165, 1.54) is 29.3 Å². The van der Waals surface area contributed by atoms with Crippen molar-refractivity contribution in [3.05, 3.63) is 100 Å². The van der Waals surface area contributed by atoms with E-state index in [2.05, 4.69) is 4.40 Å². The normalized spacial score (nSPS) is 15.9. The smallest absolute Gasteiger partial charge is 0.284 e. The van der Waals surface area contributed by atoms with E-state index < -0.39 is 10.0 Å². The first-order chi connectivity index (χ1) is 18.2. The lowest BCUT2D eigenvalue weighted by molar-refractivity contribution is 0.183. The number of halogens is 2. The Labute approximate surface area is 232 Å². The van der Waals surface area contributed by atoms with Gasteiger partial charge < -0.3 is 9.64 Å². The molecule has 0 radical (unpaired) electrons. The van der Waals surface area contributed by atoms with Gasteiger partial charge in [-0.3, -0.25) is 5.41 Å². The number of amidine groups is 2. The summed E-state index contributed by atoms with van der Waals surface area (Å²) in [4.78, 5) is 1.54.